The molecule has 0 unspecified atom stereocenters. The average molecular weight is 396 g/mol. The van der Waals surface area contributed by atoms with E-state index in [2.05, 4.69) is 56.1 Å². The number of amides is 1. The molecule has 0 aliphatic carbocycles. The molecule has 146 valence electrons. The van der Waals surface area contributed by atoms with Crippen molar-refractivity contribution in [1.82, 2.24) is 5.32 Å². The molecule has 2 aromatic carbocycles. The van der Waals surface area contributed by atoms with Gasteiger partial charge in [-0.05, 0) is 44.0 Å². The number of benzene rings is 2. The fourth-order valence-electron chi connectivity index (χ4n) is 3.18. The van der Waals surface area contributed by atoms with Crippen molar-refractivity contribution in [1.29, 1.82) is 0 Å². The van der Waals surface area contributed by atoms with Crippen LogP contribution < -0.4 is 15.1 Å². The number of allylic oxidation sites excluding steroid dienone is 1. The van der Waals surface area contributed by atoms with Crippen LogP contribution in [-0.4, -0.2) is 19.7 Å². The van der Waals surface area contributed by atoms with Gasteiger partial charge in [0.25, 0.3) is 5.91 Å². The van der Waals surface area contributed by atoms with Gasteiger partial charge in [-0.2, -0.15) is 5.10 Å². The molecule has 1 amide bonds. The predicted molar refractivity (Wildman–Crippen MR) is 116 cm³/mol. The summed E-state index contributed by atoms with van der Waals surface area (Å²) in [5.74, 6) is 1.18. The number of rotatable bonds is 6. The lowest BCUT2D eigenvalue weighted by molar-refractivity contribution is 0.0960. The van der Waals surface area contributed by atoms with Gasteiger partial charge in [0, 0.05) is 22.6 Å². The Balaban J connectivity index is 2.10. The number of carbonyl (C=O) groups excluding carboxylic acids is 1. The topological polar surface area (TPSA) is 53.9 Å². The number of hydrogen-bond acceptors (Lipinski definition) is 5. The Hall–Kier alpha value is -2.73. The van der Waals surface area contributed by atoms with Crippen LogP contribution in [0.25, 0.3) is 0 Å². The summed E-state index contributed by atoms with van der Waals surface area (Å²) < 4.78 is 5.33. The van der Waals surface area contributed by atoms with Crippen LogP contribution in [0.3, 0.4) is 0 Å². The van der Waals surface area contributed by atoms with E-state index in [1.807, 2.05) is 6.07 Å². The Morgan fingerprint density at radius 3 is 2.68 bits per heavy atom. The minimum absolute atomic E-state index is 0.151. The molecule has 0 radical (unpaired) electrons. The molecule has 0 bridgehead atoms. The molecule has 28 heavy (non-hydrogen) atoms. The van der Waals surface area contributed by atoms with Crippen molar-refractivity contribution in [2.75, 3.05) is 12.1 Å². The maximum Gasteiger partial charge on any atom is 0.259 e. The summed E-state index contributed by atoms with van der Waals surface area (Å²) in [5.41, 5.74) is 3.65. The molecular formula is C22H25N3O2S. The lowest BCUT2D eigenvalue weighted by Gasteiger charge is -2.31. The lowest BCUT2D eigenvalue weighted by atomic mass is 10.1. The molecule has 0 spiro atoms. The number of hydrazone groups is 1. The van der Waals surface area contributed by atoms with Crippen LogP contribution in [0.2, 0.25) is 0 Å². The quantitative estimate of drug-likeness (QED) is 0.537. The van der Waals surface area contributed by atoms with Crippen molar-refractivity contribution in [2.45, 2.75) is 38.5 Å². The highest BCUT2D eigenvalue weighted by atomic mass is 32.2. The third-order valence-electron chi connectivity index (χ3n) is 4.57. The molecule has 0 fully saturated rings. The molecule has 0 atom stereocenters. The van der Waals surface area contributed by atoms with Crippen LogP contribution in [-0.2, 0) is 0 Å². The zero-order chi connectivity index (χ0) is 20.3. The first-order valence-corrected chi connectivity index (χ1v) is 10.0. The highest BCUT2D eigenvalue weighted by Gasteiger charge is 2.29. The summed E-state index contributed by atoms with van der Waals surface area (Å²) in [7, 11) is 1.60. The van der Waals surface area contributed by atoms with E-state index in [0.29, 0.717) is 22.8 Å². The summed E-state index contributed by atoms with van der Waals surface area (Å²) >= 11 is 1.67. The third kappa shape index (κ3) is 3.92. The van der Waals surface area contributed by atoms with Crippen LogP contribution in [0.5, 0.6) is 5.75 Å². The van der Waals surface area contributed by atoms with Gasteiger partial charge in [-0.15, -0.1) is 0 Å². The second-order valence-corrected chi connectivity index (χ2v) is 7.82. The summed E-state index contributed by atoms with van der Waals surface area (Å²) in [4.78, 5) is 15.0. The van der Waals surface area contributed by atoms with E-state index in [1.165, 1.54) is 11.1 Å². The Morgan fingerprint density at radius 2 is 2.04 bits per heavy atom. The fourth-order valence-corrected chi connectivity index (χ4v) is 4.34. The third-order valence-corrected chi connectivity index (χ3v) is 5.89. The summed E-state index contributed by atoms with van der Waals surface area (Å²) in [5, 5.41) is 8.92. The number of nitrogens with zero attached hydrogens (tertiary/aromatic N) is 2. The molecule has 5 nitrogen and oxygen atoms in total. The van der Waals surface area contributed by atoms with E-state index in [0.717, 1.165) is 22.6 Å². The molecule has 1 aliphatic heterocycles. The van der Waals surface area contributed by atoms with Crippen LogP contribution in [0.15, 0.2) is 57.1 Å². The number of anilines is 1. The molecule has 0 aromatic heterocycles. The number of ether oxygens (including phenoxy) is 1. The number of fused-ring (bicyclic) bond motifs is 1. The van der Waals surface area contributed by atoms with E-state index < -0.39 is 0 Å². The molecule has 0 saturated carbocycles. The Labute approximate surface area is 170 Å². The Kier molecular flexibility index (Phi) is 6.09. The van der Waals surface area contributed by atoms with Gasteiger partial charge in [0.05, 0.1) is 18.4 Å². The molecule has 3 rings (SSSR count). The number of nitrogens with one attached hydrogen (secondary N) is 1. The van der Waals surface area contributed by atoms with Gasteiger partial charge in [-0.1, -0.05) is 42.8 Å². The van der Waals surface area contributed by atoms with Crippen molar-refractivity contribution < 1.29 is 9.53 Å². The second-order valence-electron chi connectivity index (χ2n) is 6.68. The number of thioether (sulfide) groups is 1. The van der Waals surface area contributed by atoms with Crippen molar-refractivity contribution in [3.8, 4) is 5.75 Å². The van der Waals surface area contributed by atoms with Gasteiger partial charge < -0.3 is 10.1 Å². The number of carbonyl (C=O) groups is 1. The first kappa shape index (κ1) is 20.0. The van der Waals surface area contributed by atoms with E-state index in [4.69, 9.17) is 4.74 Å². The number of hydrogen-bond donors (Lipinski definition) is 1. The van der Waals surface area contributed by atoms with Crippen LogP contribution in [0, 0.1) is 13.8 Å². The zero-order valence-corrected chi connectivity index (χ0v) is 17.5. The smallest absolute Gasteiger partial charge is 0.259 e. The summed E-state index contributed by atoms with van der Waals surface area (Å²) in [6.07, 6.45) is 1.77. The standard InChI is InChI=1S/C22H25N3O2S/c1-6-7-20(28-19-11-8-14(2)12-15(19)3)21-24-22(26)17-10-9-16(27-5)13-18(17)25(21)23-4/h8-13H,4,6-7H2,1-3,5H3,(H,24,26)/b21-20+. The molecule has 2 aromatic rings. The van der Waals surface area contributed by atoms with Crippen molar-refractivity contribution in [2.24, 2.45) is 5.10 Å². The first-order chi connectivity index (χ1) is 13.5. The highest BCUT2D eigenvalue weighted by Crippen LogP contribution is 2.39. The van der Waals surface area contributed by atoms with Crippen LogP contribution >= 0.6 is 11.8 Å². The monoisotopic (exact) mass is 395 g/mol. The molecule has 1 N–H and O–H groups in total. The lowest BCUT2D eigenvalue weighted by Crippen LogP contribution is -2.39. The van der Waals surface area contributed by atoms with Crippen LogP contribution in [0.1, 0.15) is 41.3 Å². The molecule has 1 aliphatic rings. The van der Waals surface area contributed by atoms with E-state index in [9.17, 15) is 4.79 Å². The second kappa shape index (κ2) is 8.52. The average Bonchev–Trinajstić information content (AvgIpc) is 2.69. The van der Waals surface area contributed by atoms with Gasteiger partial charge in [-0.3, -0.25) is 4.79 Å². The Morgan fingerprint density at radius 1 is 1.25 bits per heavy atom. The summed E-state index contributed by atoms with van der Waals surface area (Å²) in [6.45, 7) is 10.0. The highest BCUT2D eigenvalue weighted by molar-refractivity contribution is 8.03. The minimum atomic E-state index is -0.151. The summed E-state index contributed by atoms with van der Waals surface area (Å²) in [6, 6.07) is 11.7. The van der Waals surface area contributed by atoms with Gasteiger partial charge >= 0.3 is 0 Å². The SMILES string of the molecule is C=NN1/C(=C(\CCC)Sc2ccc(C)cc2C)NC(=O)c2ccc(OC)cc21. The molecule has 6 heteroatoms. The normalized spacial score (nSPS) is 15.0. The molecular weight excluding hydrogens is 370 g/mol. The van der Waals surface area contributed by atoms with E-state index in [1.54, 1.807) is 36.0 Å². The van der Waals surface area contributed by atoms with E-state index >= 15 is 0 Å². The maximum atomic E-state index is 12.7. The van der Waals surface area contributed by atoms with Crippen molar-refractivity contribution >= 4 is 30.1 Å². The predicted octanol–water partition coefficient (Wildman–Crippen LogP) is 5.24. The largest absolute Gasteiger partial charge is 0.497 e. The van der Waals surface area contributed by atoms with E-state index in [-0.39, 0.29) is 5.91 Å². The molecule has 0 saturated heterocycles. The number of aryl methyl sites for hydroxylation is 2. The van der Waals surface area contributed by atoms with Gasteiger partial charge in [0.2, 0.25) is 0 Å². The van der Waals surface area contributed by atoms with Crippen LogP contribution in [0.4, 0.5) is 5.69 Å². The van der Waals surface area contributed by atoms with Gasteiger partial charge in [-0.25, -0.2) is 5.01 Å². The molecule has 1 heterocycles. The fraction of sp³-hybridized carbons (Fsp3) is 0.273. The Bertz CT molecular complexity index is 953. The maximum absolute atomic E-state index is 12.7. The first-order valence-electron chi connectivity index (χ1n) is 9.22. The van der Waals surface area contributed by atoms with Gasteiger partial charge in [0.1, 0.15) is 11.6 Å². The van der Waals surface area contributed by atoms with Gasteiger partial charge in [0.15, 0.2) is 0 Å². The van der Waals surface area contributed by atoms with Crippen molar-refractivity contribution in [3.63, 3.8) is 0 Å². The zero-order valence-electron chi connectivity index (χ0n) is 16.7. The number of methoxy groups -OCH3 is 1. The minimum Gasteiger partial charge on any atom is -0.497 e. The van der Waals surface area contributed by atoms with Crippen molar-refractivity contribution in [3.05, 3.63) is 63.8 Å².